The lowest BCUT2D eigenvalue weighted by atomic mass is 10.1. The maximum absolute atomic E-state index is 5.81. The molecule has 0 fully saturated rings. The molecular formula is C13H16BrN3O. The average Bonchev–Trinajstić information content (AvgIpc) is 2.79. The summed E-state index contributed by atoms with van der Waals surface area (Å²) in [5, 5.41) is 3.98. The number of rotatable bonds is 4. The number of hydrogen-bond donors (Lipinski definition) is 1. The second-order valence-electron chi connectivity index (χ2n) is 4.50. The molecule has 2 N–H and O–H groups in total. The molecular weight excluding hydrogens is 294 g/mol. The highest BCUT2D eigenvalue weighted by Crippen LogP contribution is 2.17. The molecule has 0 amide bonds. The molecule has 0 saturated heterocycles. The molecule has 4 nitrogen and oxygen atoms in total. The third-order valence-corrected chi connectivity index (χ3v) is 3.47. The normalized spacial score (nSPS) is 14.4. The molecule has 2 atom stereocenters. The summed E-state index contributed by atoms with van der Waals surface area (Å²) in [4.78, 5) is 4.38. The first kappa shape index (κ1) is 13.2. The van der Waals surface area contributed by atoms with Gasteiger partial charge < -0.3 is 10.3 Å². The van der Waals surface area contributed by atoms with Crippen molar-refractivity contribution in [1.29, 1.82) is 0 Å². The summed E-state index contributed by atoms with van der Waals surface area (Å²) in [6, 6.07) is 8.08. The Balaban J connectivity index is 2.09. The fraction of sp³-hybridized carbons (Fsp3) is 0.385. The molecule has 0 aliphatic heterocycles. The van der Waals surface area contributed by atoms with Gasteiger partial charge in [0.15, 0.2) is 5.82 Å². The molecule has 18 heavy (non-hydrogen) atoms. The Labute approximate surface area is 115 Å². The summed E-state index contributed by atoms with van der Waals surface area (Å²) in [5.41, 5.74) is 6.97. The molecule has 96 valence electrons. The van der Waals surface area contributed by atoms with Gasteiger partial charge in [-0.25, -0.2) is 0 Å². The van der Waals surface area contributed by atoms with Crippen LogP contribution in [0.1, 0.15) is 37.0 Å². The average molecular weight is 310 g/mol. The zero-order chi connectivity index (χ0) is 13.1. The Morgan fingerprint density at radius 2 is 1.94 bits per heavy atom. The molecule has 0 spiro atoms. The molecule has 1 aromatic heterocycles. The van der Waals surface area contributed by atoms with Crippen molar-refractivity contribution in [2.45, 2.75) is 32.2 Å². The minimum Gasteiger partial charge on any atom is -0.339 e. The second-order valence-corrected chi connectivity index (χ2v) is 5.42. The Hall–Kier alpha value is -1.20. The fourth-order valence-electron chi connectivity index (χ4n) is 1.53. The summed E-state index contributed by atoms with van der Waals surface area (Å²) in [5.74, 6) is 1.38. The van der Waals surface area contributed by atoms with Crippen LogP contribution in [0.15, 0.2) is 33.3 Å². The van der Waals surface area contributed by atoms with Gasteiger partial charge in [0.1, 0.15) is 0 Å². The summed E-state index contributed by atoms with van der Waals surface area (Å²) in [7, 11) is 0. The van der Waals surface area contributed by atoms with Crippen molar-refractivity contribution in [1.82, 2.24) is 10.1 Å². The van der Waals surface area contributed by atoms with Gasteiger partial charge in [0, 0.05) is 16.9 Å². The SMILES string of the molecule is CC(N)C(C)c1nc(Cc2ccc(Br)cc2)no1. The number of benzene rings is 1. The van der Waals surface area contributed by atoms with E-state index >= 15 is 0 Å². The quantitative estimate of drug-likeness (QED) is 0.943. The van der Waals surface area contributed by atoms with E-state index in [9.17, 15) is 0 Å². The van der Waals surface area contributed by atoms with Crippen LogP contribution in [0.25, 0.3) is 0 Å². The van der Waals surface area contributed by atoms with Crippen molar-refractivity contribution < 1.29 is 4.52 Å². The summed E-state index contributed by atoms with van der Waals surface area (Å²) in [6.45, 7) is 3.92. The third-order valence-electron chi connectivity index (χ3n) is 2.94. The van der Waals surface area contributed by atoms with E-state index in [1.165, 1.54) is 0 Å². The highest BCUT2D eigenvalue weighted by molar-refractivity contribution is 9.10. The lowest BCUT2D eigenvalue weighted by Crippen LogP contribution is -2.22. The van der Waals surface area contributed by atoms with Crippen molar-refractivity contribution in [2.75, 3.05) is 0 Å². The van der Waals surface area contributed by atoms with Gasteiger partial charge in [0.05, 0.1) is 5.92 Å². The Morgan fingerprint density at radius 1 is 1.28 bits per heavy atom. The molecule has 0 saturated carbocycles. The van der Waals surface area contributed by atoms with Crippen molar-refractivity contribution in [2.24, 2.45) is 5.73 Å². The van der Waals surface area contributed by atoms with E-state index in [-0.39, 0.29) is 12.0 Å². The van der Waals surface area contributed by atoms with Crippen molar-refractivity contribution in [3.63, 3.8) is 0 Å². The molecule has 2 rings (SSSR count). The van der Waals surface area contributed by atoms with Crippen LogP contribution in [0.5, 0.6) is 0 Å². The first-order valence-electron chi connectivity index (χ1n) is 5.89. The van der Waals surface area contributed by atoms with Crippen LogP contribution in [0.4, 0.5) is 0 Å². The van der Waals surface area contributed by atoms with Gasteiger partial charge in [-0.05, 0) is 24.6 Å². The first-order chi connectivity index (χ1) is 8.56. The highest BCUT2D eigenvalue weighted by atomic mass is 79.9. The van der Waals surface area contributed by atoms with E-state index in [0.29, 0.717) is 18.1 Å². The van der Waals surface area contributed by atoms with Crippen LogP contribution in [0.2, 0.25) is 0 Å². The molecule has 0 aliphatic rings. The van der Waals surface area contributed by atoms with Crippen LogP contribution in [-0.2, 0) is 6.42 Å². The number of aromatic nitrogens is 2. The number of halogens is 1. The Kier molecular flexibility index (Phi) is 4.14. The fourth-order valence-corrected chi connectivity index (χ4v) is 1.80. The molecule has 0 aliphatic carbocycles. The van der Waals surface area contributed by atoms with Crippen LogP contribution < -0.4 is 5.73 Å². The zero-order valence-corrected chi connectivity index (χ0v) is 12.0. The lowest BCUT2D eigenvalue weighted by molar-refractivity contribution is 0.343. The zero-order valence-electron chi connectivity index (χ0n) is 10.4. The largest absolute Gasteiger partial charge is 0.339 e. The van der Waals surface area contributed by atoms with Crippen LogP contribution >= 0.6 is 15.9 Å². The standard InChI is InChI=1S/C13H16BrN3O/c1-8(9(2)15)13-16-12(17-18-13)7-10-3-5-11(14)6-4-10/h3-6,8-9H,7,15H2,1-2H3. The number of nitrogens with zero attached hydrogens (tertiary/aromatic N) is 2. The van der Waals surface area contributed by atoms with Gasteiger partial charge in [-0.2, -0.15) is 4.98 Å². The van der Waals surface area contributed by atoms with Gasteiger partial charge in [-0.15, -0.1) is 0 Å². The predicted octanol–water partition coefficient (Wildman–Crippen LogP) is 2.87. The van der Waals surface area contributed by atoms with Crippen molar-refractivity contribution in [3.05, 3.63) is 46.0 Å². The summed E-state index contributed by atoms with van der Waals surface area (Å²) < 4.78 is 6.29. The predicted molar refractivity (Wildman–Crippen MR) is 73.3 cm³/mol. The molecule has 0 bridgehead atoms. The second kappa shape index (κ2) is 5.63. The third kappa shape index (κ3) is 3.17. The molecule has 2 aromatic rings. The monoisotopic (exact) mass is 309 g/mol. The maximum atomic E-state index is 5.81. The van der Waals surface area contributed by atoms with E-state index < -0.39 is 0 Å². The number of hydrogen-bond acceptors (Lipinski definition) is 4. The molecule has 1 heterocycles. The summed E-state index contributed by atoms with van der Waals surface area (Å²) >= 11 is 3.41. The van der Waals surface area contributed by atoms with Gasteiger partial charge >= 0.3 is 0 Å². The maximum Gasteiger partial charge on any atom is 0.231 e. The van der Waals surface area contributed by atoms with Crippen LogP contribution in [0, 0.1) is 0 Å². The molecule has 0 radical (unpaired) electrons. The Bertz CT molecular complexity index is 507. The van der Waals surface area contributed by atoms with Crippen molar-refractivity contribution in [3.8, 4) is 0 Å². The van der Waals surface area contributed by atoms with Gasteiger partial charge in [0.2, 0.25) is 5.89 Å². The molecule has 5 heteroatoms. The van der Waals surface area contributed by atoms with E-state index in [2.05, 4.69) is 26.1 Å². The topological polar surface area (TPSA) is 64.9 Å². The highest BCUT2D eigenvalue weighted by Gasteiger charge is 2.17. The van der Waals surface area contributed by atoms with Gasteiger partial charge in [0.25, 0.3) is 0 Å². The summed E-state index contributed by atoms with van der Waals surface area (Å²) in [6.07, 6.45) is 0.669. The number of nitrogens with two attached hydrogens (primary N) is 1. The minimum atomic E-state index is 0.00554. The Morgan fingerprint density at radius 3 is 2.56 bits per heavy atom. The van der Waals surface area contributed by atoms with Crippen LogP contribution in [-0.4, -0.2) is 16.2 Å². The minimum absolute atomic E-state index is 0.00554. The van der Waals surface area contributed by atoms with Crippen molar-refractivity contribution >= 4 is 15.9 Å². The van der Waals surface area contributed by atoms with E-state index in [1.807, 2.05) is 38.1 Å². The molecule has 1 aromatic carbocycles. The lowest BCUT2D eigenvalue weighted by Gasteiger charge is -2.09. The van der Waals surface area contributed by atoms with Gasteiger partial charge in [-0.1, -0.05) is 40.1 Å². The van der Waals surface area contributed by atoms with E-state index in [0.717, 1.165) is 10.0 Å². The molecule has 2 unspecified atom stereocenters. The first-order valence-corrected chi connectivity index (χ1v) is 6.68. The van der Waals surface area contributed by atoms with Crippen LogP contribution in [0.3, 0.4) is 0 Å². The van der Waals surface area contributed by atoms with E-state index in [1.54, 1.807) is 0 Å². The van der Waals surface area contributed by atoms with Gasteiger partial charge in [-0.3, -0.25) is 0 Å². The van der Waals surface area contributed by atoms with E-state index in [4.69, 9.17) is 10.3 Å². The smallest absolute Gasteiger partial charge is 0.231 e.